The predicted octanol–water partition coefficient (Wildman–Crippen LogP) is 3.15. The molecule has 0 aliphatic carbocycles. The second kappa shape index (κ2) is 11.1. The van der Waals surface area contributed by atoms with Gasteiger partial charge >= 0.3 is 11.8 Å². The highest BCUT2D eigenvalue weighted by molar-refractivity contribution is 6.35. The number of rotatable bonds is 8. The molecular weight excluding hydrogens is 394 g/mol. The van der Waals surface area contributed by atoms with E-state index in [-0.39, 0.29) is 5.92 Å². The average molecular weight is 418 g/mol. The molecule has 0 unspecified atom stereocenters. The third kappa shape index (κ3) is 7.12. The van der Waals surface area contributed by atoms with Crippen molar-refractivity contribution in [3.05, 3.63) is 58.6 Å². The largest absolute Gasteiger partial charge is 0.493 e. The molecule has 0 bridgehead atoms. The normalized spacial score (nSPS) is 10.8. The van der Waals surface area contributed by atoms with Gasteiger partial charge in [-0.15, -0.1) is 0 Å². The molecule has 154 valence electrons. The summed E-state index contributed by atoms with van der Waals surface area (Å²) in [5.41, 5.74) is 3.71. The Balaban J connectivity index is 1.95. The van der Waals surface area contributed by atoms with Gasteiger partial charge in [-0.3, -0.25) is 9.59 Å². The number of halogens is 1. The SMILES string of the molecule is COc1cc(/C=N/NC(=O)C(=O)NCC(C)C)ccc1OCc1ccccc1Cl. The molecule has 2 N–H and O–H groups in total. The summed E-state index contributed by atoms with van der Waals surface area (Å²) in [5.74, 6) is -0.254. The van der Waals surface area contributed by atoms with Crippen LogP contribution in [0.25, 0.3) is 0 Å². The van der Waals surface area contributed by atoms with Crippen molar-refractivity contribution in [3.8, 4) is 11.5 Å². The smallest absolute Gasteiger partial charge is 0.329 e. The molecule has 8 heteroatoms. The van der Waals surface area contributed by atoms with E-state index in [1.807, 2.05) is 32.0 Å². The highest BCUT2D eigenvalue weighted by Gasteiger charge is 2.12. The van der Waals surface area contributed by atoms with Gasteiger partial charge in [0.2, 0.25) is 0 Å². The Morgan fingerprint density at radius 1 is 1.14 bits per heavy atom. The van der Waals surface area contributed by atoms with E-state index in [1.165, 1.54) is 13.3 Å². The summed E-state index contributed by atoms with van der Waals surface area (Å²) in [4.78, 5) is 23.3. The Morgan fingerprint density at radius 2 is 1.90 bits per heavy atom. The molecule has 0 saturated carbocycles. The monoisotopic (exact) mass is 417 g/mol. The number of carbonyl (C=O) groups excluding carboxylic acids is 2. The molecule has 0 spiro atoms. The maximum Gasteiger partial charge on any atom is 0.329 e. The first kappa shape index (κ1) is 22.2. The molecule has 2 aromatic rings. The molecule has 0 fully saturated rings. The number of benzene rings is 2. The van der Waals surface area contributed by atoms with Crippen LogP contribution in [-0.2, 0) is 16.2 Å². The number of carbonyl (C=O) groups is 2. The van der Waals surface area contributed by atoms with Crippen LogP contribution in [0.3, 0.4) is 0 Å². The molecule has 0 radical (unpaired) electrons. The molecule has 0 aliphatic heterocycles. The van der Waals surface area contributed by atoms with Crippen LogP contribution >= 0.6 is 11.6 Å². The van der Waals surface area contributed by atoms with Crippen LogP contribution in [0.4, 0.5) is 0 Å². The van der Waals surface area contributed by atoms with E-state index >= 15 is 0 Å². The van der Waals surface area contributed by atoms with Crippen LogP contribution in [-0.4, -0.2) is 31.7 Å². The van der Waals surface area contributed by atoms with Crippen molar-refractivity contribution in [2.45, 2.75) is 20.5 Å². The number of nitrogens with one attached hydrogen (secondary N) is 2. The Bertz CT molecular complexity index is 884. The zero-order chi connectivity index (χ0) is 21.2. The van der Waals surface area contributed by atoms with Gasteiger partial charge in [-0.05, 0) is 35.7 Å². The molecular formula is C21H24ClN3O4. The van der Waals surface area contributed by atoms with E-state index in [1.54, 1.807) is 24.3 Å². The molecule has 0 atom stereocenters. The van der Waals surface area contributed by atoms with Crippen LogP contribution in [0.2, 0.25) is 5.02 Å². The Hall–Kier alpha value is -3.06. The maximum absolute atomic E-state index is 11.7. The van der Waals surface area contributed by atoms with E-state index in [0.717, 1.165) is 5.56 Å². The van der Waals surface area contributed by atoms with Crippen molar-refractivity contribution in [1.82, 2.24) is 10.7 Å². The standard InChI is InChI=1S/C21H24ClN3O4/c1-14(2)11-23-20(26)21(27)25-24-12-15-8-9-18(19(10-15)28-3)29-13-16-6-4-5-7-17(16)22/h4-10,12,14H,11,13H2,1-3H3,(H,23,26)(H,25,27)/b24-12+. The van der Waals surface area contributed by atoms with Crippen LogP contribution < -0.4 is 20.2 Å². The Kier molecular flexibility index (Phi) is 8.48. The lowest BCUT2D eigenvalue weighted by Gasteiger charge is -2.12. The minimum atomic E-state index is -0.825. The van der Waals surface area contributed by atoms with Crippen LogP contribution in [0.5, 0.6) is 11.5 Å². The van der Waals surface area contributed by atoms with E-state index in [9.17, 15) is 9.59 Å². The molecule has 0 aliphatic rings. The number of nitrogens with zero attached hydrogens (tertiary/aromatic N) is 1. The van der Waals surface area contributed by atoms with Crippen molar-refractivity contribution in [2.75, 3.05) is 13.7 Å². The summed E-state index contributed by atoms with van der Waals surface area (Å²) in [6.45, 7) is 4.59. The molecule has 7 nitrogen and oxygen atoms in total. The van der Waals surface area contributed by atoms with E-state index in [0.29, 0.717) is 35.2 Å². The third-order valence-corrected chi connectivity index (χ3v) is 4.15. The fraction of sp³-hybridized carbons (Fsp3) is 0.286. The molecule has 0 aromatic heterocycles. The lowest BCUT2D eigenvalue weighted by Crippen LogP contribution is -2.39. The van der Waals surface area contributed by atoms with Gasteiger partial charge in [-0.25, -0.2) is 5.43 Å². The molecule has 2 rings (SSSR count). The number of ether oxygens (including phenoxy) is 2. The maximum atomic E-state index is 11.7. The van der Waals surface area contributed by atoms with Gasteiger partial charge in [-0.1, -0.05) is 43.6 Å². The van der Waals surface area contributed by atoms with Gasteiger partial charge in [0.05, 0.1) is 13.3 Å². The van der Waals surface area contributed by atoms with Gasteiger partial charge < -0.3 is 14.8 Å². The zero-order valence-corrected chi connectivity index (χ0v) is 17.3. The van der Waals surface area contributed by atoms with Crippen molar-refractivity contribution < 1.29 is 19.1 Å². The second-order valence-corrected chi connectivity index (χ2v) is 7.00. The first-order valence-corrected chi connectivity index (χ1v) is 9.44. The molecule has 0 saturated heterocycles. The summed E-state index contributed by atoms with van der Waals surface area (Å²) >= 11 is 6.14. The molecule has 29 heavy (non-hydrogen) atoms. The van der Waals surface area contributed by atoms with E-state index in [2.05, 4.69) is 15.8 Å². The number of hydrazone groups is 1. The van der Waals surface area contributed by atoms with Gasteiger partial charge in [0, 0.05) is 17.1 Å². The van der Waals surface area contributed by atoms with Gasteiger partial charge in [0.1, 0.15) is 6.61 Å². The number of hydrogen-bond acceptors (Lipinski definition) is 5. The summed E-state index contributed by atoms with van der Waals surface area (Å²) in [7, 11) is 1.53. The van der Waals surface area contributed by atoms with Crippen LogP contribution in [0.1, 0.15) is 25.0 Å². The zero-order valence-electron chi connectivity index (χ0n) is 16.6. The van der Waals surface area contributed by atoms with Crippen LogP contribution in [0.15, 0.2) is 47.6 Å². The number of hydrogen-bond donors (Lipinski definition) is 2. The lowest BCUT2D eigenvalue weighted by atomic mass is 10.2. The molecule has 2 amide bonds. The average Bonchev–Trinajstić information content (AvgIpc) is 2.71. The summed E-state index contributed by atoms with van der Waals surface area (Å²) < 4.78 is 11.1. The minimum absolute atomic E-state index is 0.251. The van der Waals surface area contributed by atoms with Crippen molar-refractivity contribution in [3.63, 3.8) is 0 Å². The number of amides is 2. The van der Waals surface area contributed by atoms with Crippen molar-refractivity contribution in [1.29, 1.82) is 0 Å². The quantitative estimate of drug-likeness (QED) is 0.392. The summed E-state index contributed by atoms with van der Waals surface area (Å²) in [5, 5.41) is 6.95. The fourth-order valence-electron chi connectivity index (χ4n) is 2.25. The Morgan fingerprint density at radius 3 is 2.59 bits per heavy atom. The molecule has 0 heterocycles. The van der Waals surface area contributed by atoms with Crippen molar-refractivity contribution >= 4 is 29.6 Å². The van der Waals surface area contributed by atoms with E-state index in [4.69, 9.17) is 21.1 Å². The highest BCUT2D eigenvalue weighted by Crippen LogP contribution is 2.29. The molecule has 2 aromatic carbocycles. The second-order valence-electron chi connectivity index (χ2n) is 6.59. The third-order valence-electron chi connectivity index (χ3n) is 3.79. The predicted molar refractivity (Wildman–Crippen MR) is 112 cm³/mol. The van der Waals surface area contributed by atoms with Gasteiger partial charge in [0.25, 0.3) is 0 Å². The van der Waals surface area contributed by atoms with E-state index < -0.39 is 11.8 Å². The van der Waals surface area contributed by atoms with Gasteiger partial charge in [-0.2, -0.15) is 5.10 Å². The van der Waals surface area contributed by atoms with Crippen LogP contribution in [0, 0.1) is 5.92 Å². The first-order valence-electron chi connectivity index (χ1n) is 9.06. The highest BCUT2D eigenvalue weighted by atomic mass is 35.5. The fourth-order valence-corrected chi connectivity index (χ4v) is 2.44. The topological polar surface area (TPSA) is 89.0 Å². The Labute approximate surface area is 175 Å². The van der Waals surface area contributed by atoms with Crippen molar-refractivity contribution in [2.24, 2.45) is 11.0 Å². The van der Waals surface area contributed by atoms with Gasteiger partial charge in [0.15, 0.2) is 11.5 Å². The lowest BCUT2D eigenvalue weighted by molar-refractivity contribution is -0.139. The number of methoxy groups -OCH3 is 1. The summed E-state index contributed by atoms with van der Waals surface area (Å²) in [6, 6.07) is 12.6. The summed E-state index contributed by atoms with van der Waals surface area (Å²) in [6.07, 6.45) is 1.41. The first-order chi connectivity index (χ1) is 13.9. The minimum Gasteiger partial charge on any atom is -0.493 e.